The zero-order chi connectivity index (χ0) is 17.1. The van der Waals surface area contributed by atoms with Crippen LogP contribution >= 0.6 is 22.9 Å². The highest BCUT2D eigenvalue weighted by atomic mass is 35.5. The van der Waals surface area contributed by atoms with Crippen LogP contribution in [0.15, 0.2) is 77.3 Å². The number of hydrogen-bond donors (Lipinski definition) is 0. The van der Waals surface area contributed by atoms with Crippen molar-refractivity contribution in [1.29, 1.82) is 0 Å². The number of halogens is 1. The standard InChI is InChI=1S/C19H15ClN4S/c20-18-17(23-11-12-25-19(23)22-18)13-21-24(16-9-5-2-6-10-16)14-15-7-3-1-4-8-15/h1-13H,14H2/b21-13-. The van der Waals surface area contributed by atoms with Crippen molar-refractivity contribution in [3.63, 3.8) is 0 Å². The van der Waals surface area contributed by atoms with E-state index in [0.29, 0.717) is 11.7 Å². The van der Waals surface area contributed by atoms with Crippen LogP contribution in [0.2, 0.25) is 5.15 Å². The van der Waals surface area contributed by atoms with E-state index in [2.05, 4.69) is 22.2 Å². The van der Waals surface area contributed by atoms with Crippen LogP contribution in [-0.2, 0) is 6.54 Å². The lowest BCUT2D eigenvalue weighted by Crippen LogP contribution is -2.16. The molecule has 2 aromatic heterocycles. The fourth-order valence-corrected chi connectivity index (χ4v) is 3.56. The van der Waals surface area contributed by atoms with Crippen LogP contribution in [0, 0.1) is 0 Å². The molecular weight excluding hydrogens is 352 g/mol. The van der Waals surface area contributed by atoms with Gasteiger partial charge in [0.2, 0.25) is 0 Å². The largest absolute Gasteiger partial charge is 0.288 e. The molecule has 25 heavy (non-hydrogen) atoms. The molecule has 0 saturated heterocycles. The minimum Gasteiger partial charge on any atom is -0.288 e. The highest BCUT2D eigenvalue weighted by Gasteiger charge is 2.11. The lowest BCUT2D eigenvalue weighted by Gasteiger charge is -2.19. The summed E-state index contributed by atoms with van der Waals surface area (Å²) in [6.07, 6.45) is 3.72. The van der Waals surface area contributed by atoms with E-state index in [0.717, 1.165) is 16.3 Å². The molecule has 2 aromatic carbocycles. The summed E-state index contributed by atoms with van der Waals surface area (Å²) in [5, 5.41) is 9.09. The summed E-state index contributed by atoms with van der Waals surface area (Å²) in [5.74, 6) is 0. The van der Waals surface area contributed by atoms with Gasteiger partial charge in [0.25, 0.3) is 0 Å². The van der Waals surface area contributed by atoms with Crippen molar-refractivity contribution in [2.75, 3.05) is 5.01 Å². The third-order valence-corrected chi connectivity index (χ3v) is 4.84. The van der Waals surface area contributed by atoms with Crippen LogP contribution in [0.3, 0.4) is 0 Å². The molecule has 0 aliphatic carbocycles. The highest BCUT2D eigenvalue weighted by Crippen LogP contribution is 2.21. The molecule has 0 radical (unpaired) electrons. The normalized spacial score (nSPS) is 11.4. The molecule has 4 rings (SSSR count). The summed E-state index contributed by atoms with van der Waals surface area (Å²) in [5.41, 5.74) is 2.99. The summed E-state index contributed by atoms with van der Waals surface area (Å²) >= 11 is 7.81. The van der Waals surface area contributed by atoms with E-state index in [-0.39, 0.29) is 0 Å². The summed E-state index contributed by atoms with van der Waals surface area (Å²) in [4.78, 5) is 5.21. The first-order chi connectivity index (χ1) is 12.3. The fraction of sp³-hybridized carbons (Fsp3) is 0.0526. The number of para-hydroxylation sites is 1. The van der Waals surface area contributed by atoms with Crippen LogP contribution < -0.4 is 5.01 Å². The molecule has 6 heteroatoms. The molecule has 0 atom stereocenters. The Balaban J connectivity index is 1.68. The first-order valence-electron chi connectivity index (χ1n) is 7.83. The Morgan fingerprint density at radius 2 is 1.80 bits per heavy atom. The Morgan fingerprint density at radius 1 is 1.08 bits per heavy atom. The van der Waals surface area contributed by atoms with Gasteiger partial charge in [-0.2, -0.15) is 5.10 Å². The molecule has 4 aromatic rings. The number of imidazole rings is 1. The lowest BCUT2D eigenvalue weighted by molar-refractivity contribution is 0.857. The van der Waals surface area contributed by atoms with Crippen molar-refractivity contribution in [2.45, 2.75) is 6.54 Å². The Bertz CT molecular complexity index is 992. The van der Waals surface area contributed by atoms with Gasteiger partial charge in [-0.1, -0.05) is 60.1 Å². The molecule has 0 N–H and O–H groups in total. The predicted molar refractivity (Wildman–Crippen MR) is 105 cm³/mol. The predicted octanol–water partition coefficient (Wildman–Crippen LogP) is 5.09. The number of aromatic nitrogens is 2. The van der Waals surface area contributed by atoms with Crippen LogP contribution in [0.1, 0.15) is 11.3 Å². The molecule has 0 amide bonds. The number of anilines is 1. The molecule has 124 valence electrons. The third-order valence-electron chi connectivity index (χ3n) is 3.80. The first-order valence-corrected chi connectivity index (χ1v) is 9.08. The second kappa shape index (κ2) is 7.09. The third kappa shape index (κ3) is 3.43. The van der Waals surface area contributed by atoms with Crippen molar-refractivity contribution in [1.82, 2.24) is 9.38 Å². The highest BCUT2D eigenvalue weighted by molar-refractivity contribution is 7.15. The molecule has 4 nitrogen and oxygen atoms in total. The summed E-state index contributed by atoms with van der Waals surface area (Å²) in [6, 6.07) is 20.3. The van der Waals surface area contributed by atoms with Crippen LogP contribution in [0.25, 0.3) is 4.96 Å². The number of hydrogen-bond acceptors (Lipinski definition) is 4. The molecule has 0 spiro atoms. The Morgan fingerprint density at radius 3 is 2.56 bits per heavy atom. The van der Waals surface area contributed by atoms with E-state index in [1.54, 1.807) is 17.6 Å². The van der Waals surface area contributed by atoms with Gasteiger partial charge < -0.3 is 0 Å². The van der Waals surface area contributed by atoms with Crippen molar-refractivity contribution in [2.24, 2.45) is 5.10 Å². The van der Waals surface area contributed by atoms with Crippen LogP contribution in [0.5, 0.6) is 0 Å². The minimum atomic E-state index is 0.461. The molecule has 0 aliphatic rings. The summed E-state index contributed by atoms with van der Waals surface area (Å²) in [6.45, 7) is 0.671. The fourth-order valence-electron chi connectivity index (χ4n) is 2.57. The number of nitrogens with zero attached hydrogens (tertiary/aromatic N) is 4. The minimum absolute atomic E-state index is 0.461. The SMILES string of the molecule is Clc1nc2sccn2c1/C=N\N(Cc1ccccc1)c1ccccc1. The average molecular weight is 367 g/mol. The van der Waals surface area contributed by atoms with Crippen molar-refractivity contribution in [3.05, 3.63) is 88.7 Å². The topological polar surface area (TPSA) is 32.9 Å². The number of hydrazone groups is 1. The van der Waals surface area contributed by atoms with Gasteiger partial charge in [-0.25, -0.2) is 4.98 Å². The molecule has 0 bridgehead atoms. The Kier molecular flexibility index (Phi) is 4.50. The monoisotopic (exact) mass is 366 g/mol. The first kappa shape index (κ1) is 15.9. The summed E-state index contributed by atoms with van der Waals surface area (Å²) < 4.78 is 1.95. The van der Waals surface area contributed by atoms with Gasteiger partial charge >= 0.3 is 0 Å². The Hall–Kier alpha value is -2.63. The number of benzene rings is 2. The smallest absolute Gasteiger partial charge is 0.195 e. The van der Waals surface area contributed by atoms with Crippen molar-refractivity contribution < 1.29 is 0 Å². The van der Waals surface area contributed by atoms with E-state index in [9.17, 15) is 0 Å². The molecule has 0 unspecified atom stereocenters. The maximum Gasteiger partial charge on any atom is 0.195 e. The van der Waals surface area contributed by atoms with Gasteiger partial charge in [-0.05, 0) is 17.7 Å². The zero-order valence-electron chi connectivity index (χ0n) is 13.3. The van der Waals surface area contributed by atoms with E-state index < -0.39 is 0 Å². The van der Waals surface area contributed by atoms with Gasteiger partial charge in [-0.3, -0.25) is 9.41 Å². The molecule has 0 saturated carbocycles. The number of fused-ring (bicyclic) bond motifs is 1. The molecular formula is C19H15ClN4S. The lowest BCUT2D eigenvalue weighted by atomic mass is 10.2. The zero-order valence-corrected chi connectivity index (χ0v) is 14.9. The second-order valence-electron chi connectivity index (χ2n) is 5.47. The average Bonchev–Trinajstić information content (AvgIpc) is 3.21. The number of thiazole rings is 1. The van der Waals surface area contributed by atoms with E-state index >= 15 is 0 Å². The Labute approximate surface area is 154 Å². The quantitative estimate of drug-likeness (QED) is 0.364. The van der Waals surface area contributed by atoms with E-state index in [1.165, 1.54) is 5.56 Å². The van der Waals surface area contributed by atoms with Crippen molar-refractivity contribution >= 4 is 39.8 Å². The van der Waals surface area contributed by atoms with Gasteiger partial charge in [0, 0.05) is 11.6 Å². The van der Waals surface area contributed by atoms with E-state index in [4.69, 9.17) is 11.6 Å². The maximum absolute atomic E-state index is 6.26. The molecule has 0 fully saturated rings. The van der Waals surface area contributed by atoms with E-state index in [1.807, 2.05) is 69.5 Å². The second-order valence-corrected chi connectivity index (χ2v) is 6.70. The molecule has 0 aliphatic heterocycles. The van der Waals surface area contributed by atoms with Gasteiger partial charge in [0.15, 0.2) is 10.1 Å². The van der Waals surface area contributed by atoms with Crippen molar-refractivity contribution in [3.8, 4) is 0 Å². The maximum atomic E-state index is 6.26. The number of rotatable bonds is 5. The summed E-state index contributed by atoms with van der Waals surface area (Å²) in [7, 11) is 0. The van der Waals surface area contributed by atoms with Gasteiger partial charge in [0.05, 0.1) is 18.4 Å². The van der Waals surface area contributed by atoms with Gasteiger partial charge in [-0.15, -0.1) is 11.3 Å². The molecule has 2 heterocycles. The van der Waals surface area contributed by atoms with Crippen LogP contribution in [0.4, 0.5) is 5.69 Å². The van der Waals surface area contributed by atoms with Crippen LogP contribution in [-0.4, -0.2) is 15.6 Å². The van der Waals surface area contributed by atoms with Gasteiger partial charge in [0.1, 0.15) is 5.69 Å².